The number of anilines is 3. The highest BCUT2D eigenvalue weighted by Crippen LogP contribution is 2.33. The van der Waals surface area contributed by atoms with Crippen molar-refractivity contribution in [3.63, 3.8) is 0 Å². The van der Waals surface area contributed by atoms with Gasteiger partial charge in [0.05, 0.1) is 11.9 Å². The van der Waals surface area contributed by atoms with Gasteiger partial charge in [0, 0.05) is 71.8 Å². The molecule has 0 saturated carbocycles. The van der Waals surface area contributed by atoms with Crippen LogP contribution in [0.5, 0.6) is 0 Å². The minimum Gasteiger partial charge on any atom is -0.369 e. The Hall–Kier alpha value is -4.63. The van der Waals surface area contributed by atoms with Crippen LogP contribution in [0.25, 0.3) is 33.1 Å². The molecule has 3 N–H and O–H groups in total. The number of rotatable bonds is 5. The number of piperazine rings is 1. The highest BCUT2D eigenvalue weighted by atomic mass is 16.1. The summed E-state index contributed by atoms with van der Waals surface area (Å²) < 4.78 is 0. The first-order chi connectivity index (χ1) is 18.5. The zero-order chi connectivity index (χ0) is 26.2. The maximum atomic E-state index is 12.1. The van der Waals surface area contributed by atoms with Gasteiger partial charge in [0.15, 0.2) is 0 Å². The first-order valence-electron chi connectivity index (χ1n) is 12.6. The number of aryl methyl sites for hydroxylation is 1. The van der Waals surface area contributed by atoms with Crippen molar-refractivity contribution in [1.29, 1.82) is 0 Å². The summed E-state index contributed by atoms with van der Waals surface area (Å²) in [6.07, 6.45) is 5.16. The molecule has 0 aliphatic carbocycles. The van der Waals surface area contributed by atoms with Gasteiger partial charge in [0.2, 0.25) is 11.9 Å². The van der Waals surface area contributed by atoms with Crippen molar-refractivity contribution < 1.29 is 4.79 Å². The van der Waals surface area contributed by atoms with Crippen LogP contribution < -0.4 is 16.0 Å². The molecule has 1 amide bonds. The van der Waals surface area contributed by atoms with E-state index in [1.54, 1.807) is 30.7 Å². The van der Waals surface area contributed by atoms with Crippen molar-refractivity contribution in [1.82, 2.24) is 24.8 Å². The van der Waals surface area contributed by atoms with E-state index in [2.05, 4.69) is 57.3 Å². The van der Waals surface area contributed by atoms with Gasteiger partial charge in [0.25, 0.3) is 0 Å². The van der Waals surface area contributed by atoms with E-state index < -0.39 is 5.91 Å². The highest BCUT2D eigenvalue weighted by Gasteiger charge is 2.18. The molecule has 0 bridgehead atoms. The number of aromatic nitrogens is 4. The van der Waals surface area contributed by atoms with Gasteiger partial charge >= 0.3 is 0 Å². The van der Waals surface area contributed by atoms with E-state index in [0.717, 1.165) is 42.6 Å². The molecule has 0 unspecified atom stereocenters. The summed E-state index contributed by atoms with van der Waals surface area (Å²) in [6, 6.07) is 15.4. The number of nitrogens with zero attached hydrogens (tertiary/aromatic N) is 6. The number of fused-ring (bicyclic) bond motifs is 3. The van der Waals surface area contributed by atoms with Crippen LogP contribution in [0.1, 0.15) is 15.9 Å². The number of carbonyl (C=O) groups is 1. The van der Waals surface area contributed by atoms with E-state index in [-0.39, 0.29) is 0 Å². The van der Waals surface area contributed by atoms with Crippen LogP contribution in [0.15, 0.2) is 67.1 Å². The van der Waals surface area contributed by atoms with Crippen molar-refractivity contribution in [2.45, 2.75) is 6.92 Å². The maximum absolute atomic E-state index is 12.1. The molecule has 1 aliphatic heterocycles. The third-order valence-corrected chi connectivity index (χ3v) is 7.08. The summed E-state index contributed by atoms with van der Waals surface area (Å²) in [4.78, 5) is 35.4. The molecule has 1 fully saturated rings. The smallest absolute Gasteiger partial charge is 0.249 e. The molecular formula is C29H28N8O. The summed E-state index contributed by atoms with van der Waals surface area (Å²) in [7, 11) is 2.16. The highest BCUT2D eigenvalue weighted by molar-refractivity contribution is 6.11. The van der Waals surface area contributed by atoms with Crippen molar-refractivity contribution >= 4 is 45.0 Å². The van der Waals surface area contributed by atoms with Crippen LogP contribution in [0.4, 0.5) is 17.3 Å². The fraction of sp³-hybridized carbons (Fsp3) is 0.207. The third-order valence-electron chi connectivity index (χ3n) is 7.08. The second-order valence-corrected chi connectivity index (χ2v) is 9.64. The normalized spacial score (nSPS) is 14.2. The summed E-state index contributed by atoms with van der Waals surface area (Å²) in [5.41, 5.74) is 12.0. The molecule has 9 heteroatoms. The lowest BCUT2D eigenvalue weighted by atomic mass is 9.99. The van der Waals surface area contributed by atoms with Crippen LogP contribution in [0, 0.1) is 6.92 Å². The predicted molar refractivity (Wildman–Crippen MR) is 151 cm³/mol. The summed E-state index contributed by atoms with van der Waals surface area (Å²) in [5, 5.41) is 5.00. The van der Waals surface area contributed by atoms with Gasteiger partial charge < -0.3 is 20.9 Å². The zero-order valence-electron chi connectivity index (χ0n) is 21.3. The number of benzene rings is 2. The molecule has 3 aromatic heterocycles. The van der Waals surface area contributed by atoms with E-state index in [4.69, 9.17) is 15.7 Å². The number of pyridine rings is 2. The number of likely N-dealkylation sites (N-methyl/N-ethyl adjacent to an activating group) is 1. The van der Waals surface area contributed by atoms with Crippen molar-refractivity contribution in [2.75, 3.05) is 43.4 Å². The van der Waals surface area contributed by atoms with Crippen LogP contribution in [0.3, 0.4) is 0 Å². The number of hydrogen-bond donors (Lipinski definition) is 2. The Morgan fingerprint density at radius 3 is 2.58 bits per heavy atom. The Balaban J connectivity index is 1.37. The van der Waals surface area contributed by atoms with Crippen LogP contribution >= 0.6 is 0 Å². The van der Waals surface area contributed by atoms with Crippen LogP contribution in [0.2, 0.25) is 0 Å². The van der Waals surface area contributed by atoms with Gasteiger partial charge in [-0.05, 0) is 49.9 Å². The molecular weight excluding hydrogens is 476 g/mol. The number of carbonyl (C=O) groups excluding carboxylic acids is 1. The largest absolute Gasteiger partial charge is 0.369 e. The number of nitrogens with one attached hydrogen (secondary N) is 1. The first-order valence-corrected chi connectivity index (χ1v) is 12.6. The quantitative estimate of drug-likeness (QED) is 0.343. The van der Waals surface area contributed by atoms with E-state index in [0.29, 0.717) is 33.8 Å². The van der Waals surface area contributed by atoms with Crippen molar-refractivity contribution in [2.24, 2.45) is 5.73 Å². The van der Waals surface area contributed by atoms with Crippen LogP contribution in [-0.4, -0.2) is 64.0 Å². The van der Waals surface area contributed by atoms with E-state index in [1.807, 2.05) is 18.2 Å². The Kier molecular flexibility index (Phi) is 6.05. The fourth-order valence-corrected chi connectivity index (χ4v) is 5.06. The SMILES string of the molecule is Cc1cc(Nc2ncc3nc(-c4ccccc4C(N)=O)c4ccncc4c3n2)ccc1N1CCN(C)CC1. The molecule has 0 spiro atoms. The zero-order valence-corrected chi connectivity index (χ0v) is 21.3. The molecule has 1 saturated heterocycles. The van der Waals surface area contributed by atoms with Crippen LogP contribution in [-0.2, 0) is 0 Å². The molecule has 1 aliphatic rings. The average molecular weight is 505 g/mol. The topological polar surface area (TPSA) is 113 Å². The molecule has 38 heavy (non-hydrogen) atoms. The molecule has 0 radical (unpaired) electrons. The van der Waals surface area contributed by atoms with Gasteiger partial charge in [-0.1, -0.05) is 18.2 Å². The second-order valence-electron chi connectivity index (χ2n) is 9.64. The summed E-state index contributed by atoms with van der Waals surface area (Å²) in [6.45, 7) is 6.32. The Bertz CT molecular complexity index is 1680. The van der Waals surface area contributed by atoms with Crippen molar-refractivity contribution in [3.05, 3.63) is 78.2 Å². The first kappa shape index (κ1) is 23.7. The number of hydrogen-bond acceptors (Lipinski definition) is 8. The maximum Gasteiger partial charge on any atom is 0.249 e. The van der Waals surface area contributed by atoms with Gasteiger partial charge in [-0.15, -0.1) is 0 Å². The molecule has 9 nitrogen and oxygen atoms in total. The number of nitrogens with two attached hydrogens (primary N) is 1. The monoisotopic (exact) mass is 504 g/mol. The predicted octanol–water partition coefficient (Wildman–Crippen LogP) is 4.14. The van der Waals surface area contributed by atoms with E-state index in [9.17, 15) is 4.79 Å². The minimum absolute atomic E-state index is 0.409. The van der Waals surface area contributed by atoms with Gasteiger partial charge in [-0.25, -0.2) is 15.0 Å². The van der Waals surface area contributed by atoms with E-state index in [1.165, 1.54) is 11.3 Å². The van der Waals surface area contributed by atoms with Gasteiger partial charge in [0.1, 0.15) is 11.0 Å². The fourth-order valence-electron chi connectivity index (χ4n) is 5.06. The summed E-state index contributed by atoms with van der Waals surface area (Å²) in [5.74, 6) is -0.0316. The van der Waals surface area contributed by atoms with Gasteiger partial charge in [-0.3, -0.25) is 9.78 Å². The molecule has 4 heterocycles. The Morgan fingerprint density at radius 2 is 1.79 bits per heavy atom. The molecule has 190 valence electrons. The molecule has 6 rings (SSSR count). The average Bonchev–Trinajstić information content (AvgIpc) is 2.93. The standard InChI is InChI=1S/C29H28N8O/c1-18-15-19(7-8-25(18)37-13-11-36(2)12-14-37)33-29-32-17-24-27(35-29)23-16-31-10-9-21(23)26(34-24)20-5-3-4-6-22(20)28(30)38/h3-10,15-17H,11-14H2,1-2H3,(H2,30,38)(H,32,33,35). The molecule has 0 atom stereocenters. The van der Waals surface area contributed by atoms with Gasteiger partial charge in [-0.2, -0.15) is 0 Å². The lowest BCUT2D eigenvalue weighted by Crippen LogP contribution is -2.44. The summed E-state index contributed by atoms with van der Waals surface area (Å²) >= 11 is 0. The minimum atomic E-state index is -0.505. The number of primary amides is 1. The Morgan fingerprint density at radius 1 is 0.974 bits per heavy atom. The molecule has 5 aromatic rings. The Labute approximate surface area is 220 Å². The number of amides is 1. The third kappa shape index (κ3) is 4.37. The van der Waals surface area contributed by atoms with Crippen molar-refractivity contribution in [3.8, 4) is 11.3 Å². The second kappa shape index (κ2) is 9.68. The lowest BCUT2D eigenvalue weighted by Gasteiger charge is -2.35. The van der Waals surface area contributed by atoms with E-state index >= 15 is 0 Å². The lowest BCUT2D eigenvalue weighted by molar-refractivity contribution is 0.100. The molecule has 2 aromatic carbocycles.